The first-order valence-electron chi connectivity index (χ1n) is 10.8. The molecule has 2 aromatic heterocycles. The smallest absolute Gasteiger partial charge is 0.317 e. The van der Waals surface area contributed by atoms with Gasteiger partial charge in [-0.05, 0) is 29.7 Å². The third-order valence-electron chi connectivity index (χ3n) is 6.09. The number of pyridine rings is 1. The second kappa shape index (κ2) is 8.34. The molecule has 0 spiro atoms. The molecule has 1 aliphatic rings. The summed E-state index contributed by atoms with van der Waals surface area (Å²) in [7, 11) is 2.02. The van der Waals surface area contributed by atoms with Crippen molar-refractivity contribution in [3.05, 3.63) is 78.1 Å². The molecule has 0 radical (unpaired) electrons. The van der Waals surface area contributed by atoms with Crippen molar-refractivity contribution in [3.63, 3.8) is 0 Å². The van der Waals surface area contributed by atoms with E-state index in [1.807, 2.05) is 49.5 Å². The molecular formula is C25H25N5O2. The Kier molecular flexibility index (Phi) is 5.23. The van der Waals surface area contributed by atoms with Crippen LogP contribution in [0.5, 0.6) is 0 Å². The number of benzene rings is 2. The van der Waals surface area contributed by atoms with Crippen molar-refractivity contribution in [2.75, 3.05) is 26.2 Å². The molecule has 4 aromatic rings. The predicted octanol–water partition coefficient (Wildman–Crippen LogP) is 3.39. The van der Waals surface area contributed by atoms with Gasteiger partial charge in [0.15, 0.2) is 0 Å². The number of para-hydroxylation sites is 2. The number of aromatic nitrogens is 2. The molecule has 7 heteroatoms. The fourth-order valence-electron chi connectivity index (χ4n) is 4.26. The van der Waals surface area contributed by atoms with Crippen LogP contribution in [0.1, 0.15) is 16.2 Å². The van der Waals surface area contributed by atoms with E-state index in [2.05, 4.69) is 33.1 Å². The molecule has 162 valence electrons. The van der Waals surface area contributed by atoms with Crippen LogP contribution in [0.15, 0.2) is 66.7 Å². The number of fused-ring (bicyclic) bond motifs is 2. The zero-order chi connectivity index (χ0) is 22.1. The average molecular weight is 428 g/mol. The molecule has 0 bridgehead atoms. The van der Waals surface area contributed by atoms with Crippen LogP contribution in [0, 0.1) is 0 Å². The first-order chi connectivity index (χ1) is 15.6. The highest BCUT2D eigenvalue weighted by Gasteiger charge is 2.24. The number of nitrogens with zero attached hydrogens (tertiary/aromatic N) is 4. The summed E-state index contributed by atoms with van der Waals surface area (Å²) in [6, 6.07) is 21.7. The molecule has 1 fully saturated rings. The summed E-state index contributed by atoms with van der Waals surface area (Å²) in [5.74, 6) is -0.138. The number of hydrogen-bond donors (Lipinski definition) is 1. The zero-order valence-electron chi connectivity index (χ0n) is 18.0. The second-order valence-corrected chi connectivity index (χ2v) is 8.09. The van der Waals surface area contributed by atoms with Gasteiger partial charge in [-0.15, -0.1) is 0 Å². The third kappa shape index (κ3) is 3.77. The maximum absolute atomic E-state index is 13.5. The van der Waals surface area contributed by atoms with Gasteiger partial charge in [-0.25, -0.2) is 9.78 Å². The van der Waals surface area contributed by atoms with Crippen molar-refractivity contribution >= 4 is 33.7 Å². The van der Waals surface area contributed by atoms with Gasteiger partial charge in [0, 0.05) is 49.8 Å². The van der Waals surface area contributed by atoms with E-state index in [0.29, 0.717) is 38.4 Å². The molecule has 3 amide bonds. The van der Waals surface area contributed by atoms with Crippen LogP contribution < -0.4 is 5.32 Å². The minimum atomic E-state index is -0.138. The normalized spacial score (nSPS) is 13.7. The van der Waals surface area contributed by atoms with E-state index >= 15 is 0 Å². The fourth-order valence-corrected chi connectivity index (χ4v) is 4.26. The third-order valence-corrected chi connectivity index (χ3v) is 6.09. The fraction of sp³-hybridized carbons (Fsp3) is 0.240. The van der Waals surface area contributed by atoms with Gasteiger partial charge in [0.25, 0.3) is 5.91 Å². The number of rotatable bonds is 6. The second-order valence-electron chi connectivity index (χ2n) is 8.09. The maximum Gasteiger partial charge on any atom is 0.317 e. The van der Waals surface area contributed by atoms with Gasteiger partial charge < -0.3 is 19.7 Å². The van der Waals surface area contributed by atoms with Crippen molar-refractivity contribution in [1.29, 1.82) is 0 Å². The lowest BCUT2D eigenvalue weighted by molar-refractivity contribution is 0.0722. The molecule has 32 heavy (non-hydrogen) atoms. The summed E-state index contributed by atoms with van der Waals surface area (Å²) in [6.07, 6.45) is 0. The van der Waals surface area contributed by atoms with E-state index in [1.54, 1.807) is 15.9 Å². The van der Waals surface area contributed by atoms with Crippen molar-refractivity contribution in [2.24, 2.45) is 7.05 Å². The Bertz CT molecular complexity index is 1310. The predicted molar refractivity (Wildman–Crippen MR) is 124 cm³/mol. The monoisotopic (exact) mass is 427 g/mol. The maximum atomic E-state index is 13.5. The number of urea groups is 1. The zero-order valence-corrected chi connectivity index (χ0v) is 18.0. The molecular weight excluding hydrogens is 402 g/mol. The average Bonchev–Trinajstić information content (AvgIpc) is 3.38. The van der Waals surface area contributed by atoms with Gasteiger partial charge in [0.05, 0.1) is 12.1 Å². The van der Waals surface area contributed by atoms with E-state index < -0.39 is 0 Å². The molecule has 5 rings (SSSR count). The van der Waals surface area contributed by atoms with Crippen LogP contribution in [0.4, 0.5) is 4.79 Å². The van der Waals surface area contributed by atoms with Crippen molar-refractivity contribution in [1.82, 2.24) is 24.7 Å². The molecule has 3 heterocycles. The Balaban J connectivity index is 1.45. The summed E-state index contributed by atoms with van der Waals surface area (Å²) in [4.78, 5) is 33.7. The topological polar surface area (TPSA) is 70.5 Å². The lowest BCUT2D eigenvalue weighted by Gasteiger charge is -2.25. The largest absolute Gasteiger partial charge is 0.346 e. The van der Waals surface area contributed by atoms with Crippen LogP contribution in [0.2, 0.25) is 0 Å². The lowest BCUT2D eigenvalue weighted by atomic mass is 10.2. The number of aryl methyl sites for hydroxylation is 1. The molecule has 7 nitrogen and oxygen atoms in total. The van der Waals surface area contributed by atoms with Gasteiger partial charge in [0.2, 0.25) is 0 Å². The summed E-state index contributed by atoms with van der Waals surface area (Å²) >= 11 is 0. The first kappa shape index (κ1) is 20.1. The van der Waals surface area contributed by atoms with Crippen molar-refractivity contribution < 1.29 is 9.59 Å². The lowest BCUT2D eigenvalue weighted by Crippen LogP contribution is -2.40. The highest BCUT2D eigenvalue weighted by atomic mass is 16.2. The first-order valence-corrected chi connectivity index (χ1v) is 10.8. The van der Waals surface area contributed by atoms with E-state index in [9.17, 15) is 9.59 Å². The highest BCUT2D eigenvalue weighted by Crippen LogP contribution is 2.21. The molecule has 0 unspecified atom stereocenters. The van der Waals surface area contributed by atoms with E-state index in [4.69, 9.17) is 0 Å². The summed E-state index contributed by atoms with van der Waals surface area (Å²) in [6.45, 7) is 2.65. The van der Waals surface area contributed by atoms with Gasteiger partial charge in [-0.3, -0.25) is 4.79 Å². The number of hydrogen-bond acceptors (Lipinski definition) is 3. The van der Waals surface area contributed by atoms with Gasteiger partial charge >= 0.3 is 6.03 Å². The van der Waals surface area contributed by atoms with Crippen molar-refractivity contribution in [2.45, 2.75) is 6.54 Å². The standard InChI is InChI=1S/C25H25N5O2/c1-28-20(16-19-7-3-5-9-23(19)28)17-30(15-14-29-13-12-26-25(29)32)24(31)22-11-10-18-6-2-4-8-21(18)27-22/h2-11,16H,12-15,17H2,1H3,(H,26,32). The summed E-state index contributed by atoms with van der Waals surface area (Å²) in [5.41, 5.74) is 3.36. The van der Waals surface area contributed by atoms with Crippen LogP contribution >= 0.6 is 0 Å². The van der Waals surface area contributed by atoms with E-state index in [0.717, 1.165) is 27.5 Å². The number of carbonyl (C=O) groups is 2. The molecule has 0 atom stereocenters. The molecule has 0 aliphatic carbocycles. The van der Waals surface area contributed by atoms with Crippen molar-refractivity contribution in [3.8, 4) is 0 Å². The molecule has 0 saturated carbocycles. The number of carbonyl (C=O) groups excluding carboxylic acids is 2. The van der Waals surface area contributed by atoms with Crippen LogP contribution in [0.25, 0.3) is 21.8 Å². The number of amides is 3. The number of nitrogens with one attached hydrogen (secondary N) is 1. The quantitative estimate of drug-likeness (QED) is 0.513. The van der Waals surface area contributed by atoms with Crippen LogP contribution in [-0.2, 0) is 13.6 Å². The summed E-state index contributed by atoms with van der Waals surface area (Å²) in [5, 5.41) is 4.96. The minimum absolute atomic E-state index is 0.0779. The highest BCUT2D eigenvalue weighted by molar-refractivity contribution is 5.95. The molecule has 1 N–H and O–H groups in total. The summed E-state index contributed by atoms with van der Waals surface area (Å²) < 4.78 is 2.12. The molecule has 1 saturated heterocycles. The van der Waals surface area contributed by atoms with Gasteiger partial charge in [-0.2, -0.15) is 0 Å². The Labute approximate surface area is 186 Å². The molecule has 1 aliphatic heterocycles. The Hall–Kier alpha value is -3.87. The Morgan fingerprint density at radius 2 is 1.84 bits per heavy atom. The van der Waals surface area contributed by atoms with Gasteiger partial charge in [-0.1, -0.05) is 42.5 Å². The SMILES string of the molecule is Cn1c(CN(CCN2CCNC2=O)C(=O)c2ccc3ccccc3n2)cc2ccccc21. The Morgan fingerprint density at radius 3 is 2.62 bits per heavy atom. The van der Waals surface area contributed by atoms with Crippen LogP contribution in [0.3, 0.4) is 0 Å². The van der Waals surface area contributed by atoms with Gasteiger partial charge in [0.1, 0.15) is 5.69 Å². The van der Waals surface area contributed by atoms with Crippen LogP contribution in [-0.4, -0.2) is 57.5 Å². The van der Waals surface area contributed by atoms with E-state index in [-0.39, 0.29) is 11.9 Å². The van der Waals surface area contributed by atoms with E-state index in [1.165, 1.54) is 0 Å². The Morgan fingerprint density at radius 1 is 1.06 bits per heavy atom. The minimum Gasteiger partial charge on any atom is -0.346 e. The molecule has 2 aromatic carbocycles.